The summed E-state index contributed by atoms with van der Waals surface area (Å²) in [6.07, 6.45) is 3.11. The molecule has 3 heterocycles. The fourth-order valence-corrected chi connectivity index (χ4v) is 4.28. The van der Waals surface area contributed by atoms with Crippen LogP contribution in [0, 0.1) is 19.3 Å². The zero-order valence-corrected chi connectivity index (χ0v) is 15.3. The summed E-state index contributed by atoms with van der Waals surface area (Å²) in [6, 6.07) is 10.0. The Balaban J connectivity index is 1.46. The maximum atomic E-state index is 13.1. The molecule has 5 heteroatoms. The molecule has 0 unspecified atom stereocenters. The second-order valence-corrected chi connectivity index (χ2v) is 7.61. The first kappa shape index (κ1) is 16.9. The lowest BCUT2D eigenvalue weighted by Gasteiger charge is -2.24. The number of amides is 2. The average Bonchev–Trinajstić information content (AvgIpc) is 3.31. The Kier molecular flexibility index (Phi) is 4.10. The van der Waals surface area contributed by atoms with Crippen molar-refractivity contribution in [3.63, 3.8) is 0 Å². The van der Waals surface area contributed by atoms with Crippen molar-refractivity contribution in [3.05, 3.63) is 59.0 Å². The number of likely N-dealkylation sites (tertiary alicyclic amines) is 2. The molecule has 2 aliphatic rings. The predicted molar refractivity (Wildman–Crippen MR) is 97.6 cm³/mol. The first-order valence-corrected chi connectivity index (χ1v) is 9.17. The summed E-state index contributed by atoms with van der Waals surface area (Å²) in [5.74, 6) is 0.797. The fraction of sp³-hybridized carbons (Fsp3) is 0.429. The van der Waals surface area contributed by atoms with Crippen molar-refractivity contribution in [2.24, 2.45) is 5.41 Å². The fourth-order valence-electron chi connectivity index (χ4n) is 4.28. The number of carbonyl (C=O) groups excluding carboxylic acids is 2. The van der Waals surface area contributed by atoms with E-state index >= 15 is 0 Å². The monoisotopic (exact) mass is 352 g/mol. The Morgan fingerprint density at radius 1 is 1.19 bits per heavy atom. The van der Waals surface area contributed by atoms with E-state index in [0.29, 0.717) is 31.0 Å². The van der Waals surface area contributed by atoms with Gasteiger partial charge in [0.15, 0.2) is 0 Å². The Morgan fingerprint density at radius 3 is 2.73 bits per heavy atom. The van der Waals surface area contributed by atoms with Gasteiger partial charge in [-0.3, -0.25) is 9.59 Å². The zero-order chi connectivity index (χ0) is 18.3. The maximum Gasteiger partial charge on any atom is 0.257 e. The first-order chi connectivity index (χ1) is 12.5. The lowest BCUT2D eigenvalue weighted by atomic mass is 9.85. The molecule has 1 atom stereocenters. The SMILES string of the molecule is Cc1cccc(CN2CC[C@]3(CCN(C(=O)c4ccoc4C)C3)C2=O)c1. The van der Waals surface area contributed by atoms with Crippen LogP contribution in [0.25, 0.3) is 0 Å². The van der Waals surface area contributed by atoms with Crippen LogP contribution in [0.5, 0.6) is 0 Å². The molecule has 5 nitrogen and oxygen atoms in total. The van der Waals surface area contributed by atoms with Crippen LogP contribution in [0.2, 0.25) is 0 Å². The summed E-state index contributed by atoms with van der Waals surface area (Å²) in [5, 5.41) is 0. The average molecular weight is 352 g/mol. The van der Waals surface area contributed by atoms with E-state index < -0.39 is 5.41 Å². The third-order valence-corrected chi connectivity index (χ3v) is 5.79. The van der Waals surface area contributed by atoms with Crippen LogP contribution in [0.1, 0.15) is 40.1 Å². The van der Waals surface area contributed by atoms with E-state index in [1.54, 1.807) is 19.3 Å². The standard InChI is InChI=1S/C21H24N2O3/c1-15-4-3-5-17(12-15)13-22-9-7-21(20(22)25)8-10-23(14-21)19(24)18-6-11-26-16(18)2/h3-6,11-12H,7-10,13-14H2,1-2H3/t21-/m1/s1. The van der Waals surface area contributed by atoms with Crippen LogP contribution in [0.3, 0.4) is 0 Å². The smallest absolute Gasteiger partial charge is 0.257 e. The summed E-state index contributed by atoms with van der Waals surface area (Å²) < 4.78 is 5.25. The molecule has 0 aliphatic carbocycles. The number of benzene rings is 1. The Morgan fingerprint density at radius 2 is 2.00 bits per heavy atom. The molecule has 1 aromatic heterocycles. The number of rotatable bonds is 3. The Bertz CT molecular complexity index is 856. The van der Waals surface area contributed by atoms with Crippen LogP contribution >= 0.6 is 0 Å². The first-order valence-electron chi connectivity index (χ1n) is 9.17. The van der Waals surface area contributed by atoms with Gasteiger partial charge in [-0.05, 0) is 38.3 Å². The van der Waals surface area contributed by atoms with Gasteiger partial charge >= 0.3 is 0 Å². The lowest BCUT2D eigenvalue weighted by molar-refractivity contribution is -0.135. The zero-order valence-electron chi connectivity index (χ0n) is 15.3. The van der Waals surface area contributed by atoms with Crippen molar-refractivity contribution in [2.45, 2.75) is 33.2 Å². The van der Waals surface area contributed by atoms with Gasteiger partial charge in [-0.2, -0.15) is 0 Å². The van der Waals surface area contributed by atoms with Crippen LogP contribution in [-0.4, -0.2) is 41.2 Å². The van der Waals surface area contributed by atoms with Gasteiger partial charge in [0.2, 0.25) is 5.91 Å². The van der Waals surface area contributed by atoms with Crippen molar-refractivity contribution in [2.75, 3.05) is 19.6 Å². The number of aryl methyl sites for hydroxylation is 2. The molecule has 26 heavy (non-hydrogen) atoms. The van der Waals surface area contributed by atoms with Crippen molar-refractivity contribution in [3.8, 4) is 0 Å². The van der Waals surface area contributed by atoms with Gasteiger partial charge in [0.25, 0.3) is 5.91 Å². The minimum Gasteiger partial charge on any atom is -0.469 e. The van der Waals surface area contributed by atoms with Gasteiger partial charge < -0.3 is 14.2 Å². The molecule has 2 aliphatic heterocycles. The maximum absolute atomic E-state index is 13.1. The highest BCUT2D eigenvalue weighted by atomic mass is 16.3. The largest absolute Gasteiger partial charge is 0.469 e. The quantitative estimate of drug-likeness (QED) is 0.853. The molecule has 1 aromatic carbocycles. The summed E-state index contributed by atoms with van der Waals surface area (Å²) in [6.45, 7) is 6.42. The van der Waals surface area contributed by atoms with Crippen LogP contribution < -0.4 is 0 Å². The predicted octanol–water partition coefficient (Wildman–Crippen LogP) is 3.16. The molecule has 0 N–H and O–H groups in total. The molecule has 0 saturated carbocycles. The van der Waals surface area contributed by atoms with Gasteiger partial charge in [0.1, 0.15) is 5.76 Å². The van der Waals surface area contributed by atoms with Crippen molar-refractivity contribution in [1.29, 1.82) is 0 Å². The molecule has 2 aromatic rings. The Labute approximate surface area is 153 Å². The van der Waals surface area contributed by atoms with Gasteiger partial charge in [-0.15, -0.1) is 0 Å². The molecule has 2 saturated heterocycles. The van der Waals surface area contributed by atoms with E-state index in [1.807, 2.05) is 15.9 Å². The number of furan rings is 1. The normalized spacial score (nSPS) is 22.6. The highest BCUT2D eigenvalue weighted by Crippen LogP contribution is 2.41. The van der Waals surface area contributed by atoms with Crippen LogP contribution in [-0.2, 0) is 11.3 Å². The summed E-state index contributed by atoms with van der Waals surface area (Å²) >= 11 is 0. The number of hydrogen-bond acceptors (Lipinski definition) is 3. The molecule has 136 valence electrons. The third-order valence-electron chi connectivity index (χ3n) is 5.79. The summed E-state index contributed by atoms with van der Waals surface area (Å²) in [5.41, 5.74) is 2.56. The van der Waals surface area contributed by atoms with Gasteiger partial charge in [0.05, 0.1) is 17.2 Å². The number of hydrogen-bond donors (Lipinski definition) is 0. The molecule has 0 radical (unpaired) electrons. The molecule has 2 amide bonds. The minimum atomic E-state index is -0.406. The van der Waals surface area contributed by atoms with E-state index in [-0.39, 0.29) is 11.8 Å². The molecule has 0 bridgehead atoms. The number of nitrogens with zero attached hydrogens (tertiary/aromatic N) is 2. The van der Waals surface area contributed by atoms with E-state index in [4.69, 9.17) is 4.42 Å². The molecule has 1 spiro atoms. The summed E-state index contributed by atoms with van der Waals surface area (Å²) in [4.78, 5) is 29.6. The number of carbonyl (C=O) groups is 2. The van der Waals surface area contributed by atoms with Gasteiger partial charge in [0, 0.05) is 26.2 Å². The summed E-state index contributed by atoms with van der Waals surface area (Å²) in [7, 11) is 0. The molecule has 4 rings (SSSR count). The van der Waals surface area contributed by atoms with Crippen molar-refractivity contribution in [1.82, 2.24) is 9.80 Å². The second kappa shape index (κ2) is 6.31. The van der Waals surface area contributed by atoms with Gasteiger partial charge in [-0.1, -0.05) is 29.8 Å². The topological polar surface area (TPSA) is 53.8 Å². The van der Waals surface area contributed by atoms with Gasteiger partial charge in [-0.25, -0.2) is 0 Å². The van der Waals surface area contributed by atoms with E-state index in [2.05, 4.69) is 25.1 Å². The van der Waals surface area contributed by atoms with E-state index in [1.165, 1.54) is 5.56 Å². The highest BCUT2D eigenvalue weighted by Gasteiger charge is 2.51. The lowest BCUT2D eigenvalue weighted by Crippen LogP contribution is -2.38. The van der Waals surface area contributed by atoms with Crippen molar-refractivity contribution < 1.29 is 14.0 Å². The van der Waals surface area contributed by atoms with E-state index in [9.17, 15) is 9.59 Å². The molecular formula is C21H24N2O3. The highest BCUT2D eigenvalue weighted by molar-refractivity contribution is 5.96. The van der Waals surface area contributed by atoms with Crippen LogP contribution in [0.4, 0.5) is 0 Å². The van der Waals surface area contributed by atoms with Crippen LogP contribution in [0.15, 0.2) is 41.0 Å². The van der Waals surface area contributed by atoms with Crippen molar-refractivity contribution >= 4 is 11.8 Å². The molecule has 2 fully saturated rings. The second-order valence-electron chi connectivity index (χ2n) is 7.61. The molecular weight excluding hydrogens is 328 g/mol. The Hall–Kier alpha value is -2.56. The minimum absolute atomic E-state index is 0.0296. The van der Waals surface area contributed by atoms with E-state index in [0.717, 1.165) is 24.9 Å². The third kappa shape index (κ3) is 2.81.